The molecule has 1 aliphatic heterocycles. The lowest BCUT2D eigenvalue weighted by Gasteiger charge is -2.33. The maximum Gasteiger partial charge on any atom is 0.317 e. The van der Waals surface area contributed by atoms with Gasteiger partial charge < -0.3 is 25.4 Å². The third-order valence-corrected chi connectivity index (χ3v) is 5.58. The molecule has 0 bridgehead atoms. The number of hydrogen-bond acceptors (Lipinski definition) is 8. The van der Waals surface area contributed by atoms with Gasteiger partial charge in [-0.3, -0.25) is 29.1 Å². The molecule has 0 unspecified atom stereocenters. The van der Waals surface area contributed by atoms with Crippen LogP contribution in [0, 0.1) is 5.21 Å². The molecule has 1 aromatic rings. The van der Waals surface area contributed by atoms with E-state index in [-0.39, 0.29) is 19.5 Å². The summed E-state index contributed by atoms with van der Waals surface area (Å²) in [6, 6.07) is 5.15. The molecule has 12 nitrogen and oxygen atoms in total. The van der Waals surface area contributed by atoms with Crippen LogP contribution in [0.3, 0.4) is 0 Å². The fourth-order valence-corrected chi connectivity index (χ4v) is 3.73. The number of aliphatic carboxylic acids is 3. The van der Waals surface area contributed by atoms with Crippen molar-refractivity contribution in [3.63, 3.8) is 0 Å². The van der Waals surface area contributed by atoms with Gasteiger partial charge in [-0.05, 0) is 6.07 Å². The van der Waals surface area contributed by atoms with Crippen molar-refractivity contribution in [1.82, 2.24) is 19.6 Å². The first kappa shape index (κ1) is 26.5. The molecule has 1 saturated heterocycles. The summed E-state index contributed by atoms with van der Waals surface area (Å²) in [5.74, 6) is -2.81. The molecule has 2 heterocycles. The third kappa shape index (κ3) is 10.6. The van der Waals surface area contributed by atoms with Crippen LogP contribution < -0.4 is 4.73 Å². The number of nitrogens with zero attached hydrogens (tertiary/aromatic N) is 5. The van der Waals surface area contributed by atoms with E-state index in [1.807, 2.05) is 9.80 Å². The molecule has 0 amide bonds. The number of carboxylic acids is 3. The molecule has 33 heavy (non-hydrogen) atoms. The number of carboxylic acid groups (broad SMARTS) is 3. The Hall–Kier alpha value is -2.80. The number of pyridine rings is 1. The Kier molecular flexibility index (Phi) is 11.0. The quantitative estimate of drug-likeness (QED) is 0.293. The van der Waals surface area contributed by atoms with Gasteiger partial charge in [0.15, 0.2) is 6.20 Å². The molecule has 1 fully saturated rings. The molecular weight excluding hydrogens is 434 g/mol. The van der Waals surface area contributed by atoms with Crippen molar-refractivity contribution in [3.8, 4) is 0 Å². The summed E-state index contributed by atoms with van der Waals surface area (Å²) >= 11 is 0. The van der Waals surface area contributed by atoms with E-state index in [9.17, 15) is 29.8 Å². The molecule has 12 heteroatoms. The summed E-state index contributed by atoms with van der Waals surface area (Å²) < 4.78 is 0.792. The van der Waals surface area contributed by atoms with Crippen molar-refractivity contribution in [2.45, 2.75) is 13.0 Å². The molecule has 0 spiro atoms. The van der Waals surface area contributed by atoms with Gasteiger partial charge in [0.25, 0.3) is 0 Å². The standard InChI is InChI=1S/C21H33N5O7/c27-19(28)4-6-22-7-9-24(16-20(29)30)13-11-23(15-18-3-1-2-5-26(18)33)12-14-25(10-8-22)17-21(31)32/h1-3,5H,4,6-17H2,(H,27,28)(H,29,30)(H,31,32). The predicted octanol–water partition coefficient (Wildman–Crippen LogP) is -1.31. The normalized spacial score (nSPS) is 18.3. The van der Waals surface area contributed by atoms with Gasteiger partial charge in [-0.1, -0.05) is 0 Å². The minimum atomic E-state index is -0.946. The van der Waals surface area contributed by atoms with Gasteiger partial charge >= 0.3 is 17.9 Å². The molecule has 0 saturated carbocycles. The first-order valence-electron chi connectivity index (χ1n) is 10.9. The molecule has 0 atom stereocenters. The maximum atomic E-state index is 12.1. The molecular formula is C21H33N5O7. The fraction of sp³-hybridized carbons (Fsp3) is 0.619. The second-order valence-electron chi connectivity index (χ2n) is 8.12. The average molecular weight is 468 g/mol. The molecule has 3 N–H and O–H groups in total. The summed E-state index contributed by atoms with van der Waals surface area (Å²) in [5.41, 5.74) is 0.555. The number of hydrogen-bond donors (Lipinski definition) is 3. The van der Waals surface area contributed by atoms with Crippen LogP contribution >= 0.6 is 0 Å². The van der Waals surface area contributed by atoms with Crippen LogP contribution in [0.1, 0.15) is 12.1 Å². The summed E-state index contributed by atoms with van der Waals surface area (Å²) in [6.07, 6.45) is 1.38. The van der Waals surface area contributed by atoms with Crippen LogP contribution in [0.5, 0.6) is 0 Å². The number of rotatable bonds is 9. The van der Waals surface area contributed by atoms with E-state index < -0.39 is 17.9 Å². The van der Waals surface area contributed by atoms with Gasteiger partial charge in [0.1, 0.15) is 0 Å². The fourth-order valence-electron chi connectivity index (χ4n) is 3.73. The largest absolute Gasteiger partial charge is 0.618 e. The summed E-state index contributed by atoms with van der Waals surface area (Å²) in [6.45, 7) is 4.09. The van der Waals surface area contributed by atoms with E-state index >= 15 is 0 Å². The van der Waals surface area contributed by atoms with Crippen molar-refractivity contribution >= 4 is 17.9 Å². The minimum absolute atomic E-state index is 0.0437. The Morgan fingerprint density at radius 3 is 1.70 bits per heavy atom. The van der Waals surface area contributed by atoms with Gasteiger partial charge in [-0.25, -0.2) is 0 Å². The first-order valence-corrected chi connectivity index (χ1v) is 10.9. The van der Waals surface area contributed by atoms with E-state index in [4.69, 9.17) is 5.11 Å². The van der Waals surface area contributed by atoms with E-state index in [2.05, 4.69) is 0 Å². The summed E-state index contributed by atoms with van der Waals surface area (Å²) in [7, 11) is 0. The van der Waals surface area contributed by atoms with Crippen LogP contribution in [-0.2, 0) is 20.9 Å². The molecule has 1 aromatic heterocycles. The molecule has 2 rings (SSSR count). The van der Waals surface area contributed by atoms with Crippen LogP contribution in [0.15, 0.2) is 24.4 Å². The monoisotopic (exact) mass is 467 g/mol. The van der Waals surface area contributed by atoms with Crippen LogP contribution in [0.2, 0.25) is 0 Å². The van der Waals surface area contributed by atoms with Crippen molar-refractivity contribution in [3.05, 3.63) is 35.3 Å². The Balaban J connectivity index is 2.16. The van der Waals surface area contributed by atoms with E-state index in [1.165, 1.54) is 6.20 Å². The SMILES string of the molecule is O=C(O)CCN1CCN(CC(=O)O)CCN(Cc2cccc[n+]2[O-])CCN(CC(=O)O)CC1. The van der Waals surface area contributed by atoms with Crippen LogP contribution in [0.4, 0.5) is 0 Å². The zero-order valence-corrected chi connectivity index (χ0v) is 18.7. The topological polar surface area (TPSA) is 152 Å². The van der Waals surface area contributed by atoms with Crippen molar-refractivity contribution in [1.29, 1.82) is 0 Å². The highest BCUT2D eigenvalue weighted by molar-refractivity contribution is 5.69. The van der Waals surface area contributed by atoms with Crippen molar-refractivity contribution in [2.24, 2.45) is 0 Å². The number of aromatic nitrogens is 1. The zero-order valence-electron chi connectivity index (χ0n) is 18.7. The highest BCUT2D eigenvalue weighted by atomic mass is 16.5. The predicted molar refractivity (Wildman–Crippen MR) is 118 cm³/mol. The van der Waals surface area contributed by atoms with E-state index in [0.29, 0.717) is 71.1 Å². The third-order valence-electron chi connectivity index (χ3n) is 5.58. The Morgan fingerprint density at radius 1 is 0.758 bits per heavy atom. The first-order chi connectivity index (χ1) is 15.7. The van der Waals surface area contributed by atoms with Gasteiger partial charge in [-0.15, -0.1) is 0 Å². The molecule has 184 valence electrons. The van der Waals surface area contributed by atoms with Crippen LogP contribution in [0.25, 0.3) is 0 Å². The smallest absolute Gasteiger partial charge is 0.317 e. The van der Waals surface area contributed by atoms with Gasteiger partial charge in [0.05, 0.1) is 26.1 Å². The van der Waals surface area contributed by atoms with Gasteiger partial charge in [0, 0.05) is 71.0 Å². The van der Waals surface area contributed by atoms with Gasteiger partial charge in [-0.2, -0.15) is 4.73 Å². The van der Waals surface area contributed by atoms with Crippen molar-refractivity contribution in [2.75, 3.05) is 72.0 Å². The lowest BCUT2D eigenvalue weighted by atomic mass is 10.3. The second kappa shape index (κ2) is 13.7. The Labute approximate surface area is 192 Å². The highest BCUT2D eigenvalue weighted by Crippen LogP contribution is 2.05. The molecule has 1 aliphatic rings. The lowest BCUT2D eigenvalue weighted by molar-refractivity contribution is -0.615. The van der Waals surface area contributed by atoms with E-state index in [0.717, 1.165) is 4.73 Å². The lowest BCUT2D eigenvalue weighted by Crippen LogP contribution is -2.48. The Morgan fingerprint density at radius 2 is 1.24 bits per heavy atom. The second-order valence-corrected chi connectivity index (χ2v) is 8.12. The van der Waals surface area contributed by atoms with Crippen LogP contribution in [-0.4, -0.2) is 125 Å². The molecule has 0 radical (unpaired) electrons. The van der Waals surface area contributed by atoms with Crippen molar-refractivity contribution < 1.29 is 34.4 Å². The highest BCUT2D eigenvalue weighted by Gasteiger charge is 2.20. The summed E-state index contributed by atoms with van der Waals surface area (Å²) in [5, 5.41) is 39.7. The summed E-state index contributed by atoms with van der Waals surface area (Å²) in [4.78, 5) is 41.3. The zero-order chi connectivity index (χ0) is 24.2. The maximum absolute atomic E-state index is 12.1. The average Bonchev–Trinajstić information content (AvgIpc) is 2.73. The number of carbonyl (C=O) groups is 3. The van der Waals surface area contributed by atoms with E-state index in [1.54, 1.807) is 28.0 Å². The molecule has 0 aromatic carbocycles. The van der Waals surface area contributed by atoms with Gasteiger partial charge in [0.2, 0.25) is 5.69 Å². The minimum Gasteiger partial charge on any atom is -0.618 e. The molecule has 0 aliphatic carbocycles. The Bertz CT molecular complexity index is 762.